The molecule has 0 aliphatic carbocycles. The van der Waals surface area contributed by atoms with Gasteiger partial charge in [-0.3, -0.25) is 10.1 Å². The van der Waals surface area contributed by atoms with Crippen molar-refractivity contribution in [2.75, 3.05) is 25.0 Å². The average molecular weight is 366 g/mol. The van der Waals surface area contributed by atoms with Gasteiger partial charge in [0.25, 0.3) is 5.69 Å². The second-order valence-corrected chi connectivity index (χ2v) is 8.48. The summed E-state index contributed by atoms with van der Waals surface area (Å²) in [5.41, 5.74) is -0.100. The third kappa shape index (κ3) is 4.46. The molecule has 1 aliphatic heterocycles. The van der Waals surface area contributed by atoms with Crippen LogP contribution in [0.1, 0.15) is 26.7 Å². The van der Waals surface area contributed by atoms with E-state index in [1.165, 1.54) is 16.4 Å². The van der Waals surface area contributed by atoms with E-state index in [-0.39, 0.29) is 41.1 Å². The smallest absolute Gasteiger partial charge is 0.293 e. The van der Waals surface area contributed by atoms with Crippen molar-refractivity contribution in [3.05, 3.63) is 28.3 Å². The number of nitrogens with zero attached hydrogens (tertiary/aromatic N) is 3. The molecule has 1 saturated heterocycles. The van der Waals surface area contributed by atoms with Gasteiger partial charge in [0.2, 0.25) is 10.0 Å². The molecule has 1 aromatic carbocycles. The highest BCUT2D eigenvalue weighted by molar-refractivity contribution is 7.89. The average Bonchev–Trinajstić information content (AvgIpc) is 2.54. The fourth-order valence-corrected chi connectivity index (χ4v) is 4.88. The Kier molecular flexibility index (Phi) is 5.98. The Morgan fingerprint density at radius 1 is 1.36 bits per heavy atom. The Hall–Kier alpha value is -2.18. The number of rotatable bonds is 6. The molecule has 1 aromatic rings. The number of nitro benzene ring substituents is 1. The van der Waals surface area contributed by atoms with Crippen molar-refractivity contribution in [3.63, 3.8) is 0 Å². The van der Waals surface area contributed by atoms with Crippen LogP contribution in [0.2, 0.25) is 0 Å². The first kappa shape index (κ1) is 19.1. The van der Waals surface area contributed by atoms with E-state index in [2.05, 4.69) is 5.32 Å². The monoisotopic (exact) mass is 366 g/mol. The molecule has 1 N–H and O–H groups in total. The molecule has 2 atom stereocenters. The lowest BCUT2D eigenvalue weighted by Gasteiger charge is -2.34. The van der Waals surface area contributed by atoms with E-state index in [9.17, 15) is 18.5 Å². The Morgan fingerprint density at radius 2 is 2.00 bits per heavy atom. The molecule has 1 heterocycles. The number of hydrogen-bond donors (Lipinski definition) is 1. The molecule has 0 saturated carbocycles. The number of nitro groups is 1. The largest absolute Gasteiger partial charge is 0.378 e. The molecule has 0 unspecified atom stereocenters. The summed E-state index contributed by atoms with van der Waals surface area (Å²) < 4.78 is 27.1. The van der Waals surface area contributed by atoms with Crippen LogP contribution in [0.5, 0.6) is 0 Å². The summed E-state index contributed by atoms with van der Waals surface area (Å²) in [7, 11) is -3.78. The summed E-state index contributed by atoms with van der Waals surface area (Å²) in [6, 6.07) is 5.79. The summed E-state index contributed by atoms with van der Waals surface area (Å²) in [6.45, 7) is 5.10. The van der Waals surface area contributed by atoms with Crippen LogP contribution in [-0.2, 0) is 10.0 Å². The zero-order valence-electron chi connectivity index (χ0n) is 14.3. The van der Waals surface area contributed by atoms with Crippen molar-refractivity contribution in [2.24, 2.45) is 11.8 Å². The lowest BCUT2D eigenvalue weighted by atomic mass is 9.94. The molecule has 1 aliphatic rings. The van der Waals surface area contributed by atoms with Crippen LogP contribution in [-0.4, -0.2) is 37.3 Å². The number of nitriles is 1. The first-order chi connectivity index (χ1) is 11.8. The SMILES string of the molecule is C[C@@H]1C[C@@H](C)CN(S(=O)(=O)c2ccc(NCCC#N)c([N+](=O)[O-])c2)C1. The second-order valence-electron chi connectivity index (χ2n) is 6.54. The summed E-state index contributed by atoms with van der Waals surface area (Å²) in [6.07, 6.45) is 1.16. The summed E-state index contributed by atoms with van der Waals surface area (Å²) >= 11 is 0. The first-order valence-electron chi connectivity index (χ1n) is 8.15. The number of sulfonamides is 1. The number of benzene rings is 1. The van der Waals surface area contributed by atoms with Crippen LogP contribution in [0.3, 0.4) is 0 Å². The van der Waals surface area contributed by atoms with E-state index >= 15 is 0 Å². The molecular weight excluding hydrogens is 344 g/mol. The minimum atomic E-state index is -3.78. The number of nitrogens with one attached hydrogen (secondary N) is 1. The van der Waals surface area contributed by atoms with Gasteiger partial charge in [-0.25, -0.2) is 8.42 Å². The van der Waals surface area contributed by atoms with E-state index in [1.807, 2.05) is 19.9 Å². The molecule has 0 amide bonds. The molecule has 136 valence electrons. The van der Waals surface area contributed by atoms with Crippen molar-refractivity contribution < 1.29 is 13.3 Å². The van der Waals surface area contributed by atoms with E-state index in [0.717, 1.165) is 12.5 Å². The lowest BCUT2D eigenvalue weighted by Crippen LogP contribution is -2.42. The van der Waals surface area contributed by atoms with Crippen LogP contribution in [0, 0.1) is 33.3 Å². The van der Waals surface area contributed by atoms with Crippen LogP contribution in [0.25, 0.3) is 0 Å². The highest BCUT2D eigenvalue weighted by atomic mass is 32.2. The molecule has 2 rings (SSSR count). The molecule has 9 heteroatoms. The van der Waals surface area contributed by atoms with Crippen molar-refractivity contribution in [1.82, 2.24) is 4.31 Å². The summed E-state index contributed by atoms with van der Waals surface area (Å²) in [5, 5.41) is 22.7. The molecule has 0 spiro atoms. The Labute approximate surface area is 147 Å². The van der Waals surface area contributed by atoms with Gasteiger partial charge in [0.1, 0.15) is 5.69 Å². The zero-order valence-corrected chi connectivity index (χ0v) is 15.1. The lowest BCUT2D eigenvalue weighted by molar-refractivity contribution is -0.384. The normalized spacial score (nSPS) is 21.5. The van der Waals surface area contributed by atoms with Crippen LogP contribution >= 0.6 is 0 Å². The molecular formula is C16H22N4O4S. The molecule has 25 heavy (non-hydrogen) atoms. The third-order valence-electron chi connectivity index (χ3n) is 4.19. The minimum absolute atomic E-state index is 0.0775. The fraction of sp³-hybridized carbons (Fsp3) is 0.562. The predicted molar refractivity (Wildman–Crippen MR) is 93.5 cm³/mol. The van der Waals surface area contributed by atoms with Crippen molar-refractivity contribution in [3.8, 4) is 6.07 Å². The number of anilines is 1. The van der Waals surface area contributed by atoms with Gasteiger partial charge >= 0.3 is 0 Å². The minimum Gasteiger partial charge on any atom is -0.378 e. The van der Waals surface area contributed by atoms with Gasteiger partial charge < -0.3 is 5.32 Å². The van der Waals surface area contributed by atoms with E-state index in [4.69, 9.17) is 5.26 Å². The molecule has 8 nitrogen and oxygen atoms in total. The molecule has 0 aromatic heterocycles. The zero-order chi connectivity index (χ0) is 18.6. The van der Waals surface area contributed by atoms with Gasteiger partial charge in [-0.15, -0.1) is 0 Å². The number of hydrogen-bond acceptors (Lipinski definition) is 6. The second kappa shape index (κ2) is 7.80. The molecule has 0 bridgehead atoms. The Morgan fingerprint density at radius 3 is 2.56 bits per heavy atom. The first-order valence-corrected chi connectivity index (χ1v) is 9.59. The van der Waals surface area contributed by atoms with Crippen molar-refractivity contribution in [2.45, 2.75) is 31.6 Å². The topological polar surface area (TPSA) is 116 Å². The fourth-order valence-electron chi connectivity index (χ4n) is 3.18. The van der Waals surface area contributed by atoms with E-state index in [1.54, 1.807) is 0 Å². The van der Waals surface area contributed by atoms with Gasteiger partial charge in [0.15, 0.2) is 0 Å². The molecule has 1 fully saturated rings. The maximum atomic E-state index is 12.9. The van der Waals surface area contributed by atoms with Gasteiger partial charge in [-0.1, -0.05) is 13.8 Å². The van der Waals surface area contributed by atoms with Crippen molar-refractivity contribution in [1.29, 1.82) is 5.26 Å². The predicted octanol–water partition coefficient (Wildman–Crippen LogP) is 2.59. The Balaban J connectivity index is 2.33. The third-order valence-corrected chi connectivity index (χ3v) is 6.02. The van der Waals surface area contributed by atoms with Crippen molar-refractivity contribution >= 4 is 21.4 Å². The molecule has 0 radical (unpaired) electrons. The summed E-state index contributed by atoms with van der Waals surface area (Å²) in [4.78, 5) is 10.6. The Bertz CT molecular complexity index is 778. The van der Waals surface area contributed by atoms with Crippen LogP contribution in [0.15, 0.2) is 23.1 Å². The van der Waals surface area contributed by atoms with Gasteiger partial charge in [0, 0.05) is 25.7 Å². The maximum Gasteiger partial charge on any atom is 0.293 e. The van der Waals surface area contributed by atoms with Gasteiger partial charge in [0.05, 0.1) is 22.3 Å². The van der Waals surface area contributed by atoms with E-state index in [0.29, 0.717) is 13.1 Å². The highest BCUT2D eigenvalue weighted by Gasteiger charge is 2.33. The highest BCUT2D eigenvalue weighted by Crippen LogP contribution is 2.31. The standard InChI is InChI=1S/C16H22N4O4S/c1-12-8-13(2)11-19(10-12)25(23,24)14-4-5-15(18-7-3-6-17)16(9-14)20(21)22/h4-5,9,12-13,18H,3,7-8,10-11H2,1-2H3/t12-,13-/m1/s1. The van der Waals surface area contributed by atoms with Crippen LogP contribution < -0.4 is 5.32 Å². The number of piperidine rings is 1. The quantitative estimate of drug-likeness (QED) is 0.470. The van der Waals surface area contributed by atoms with Crippen LogP contribution in [0.4, 0.5) is 11.4 Å². The summed E-state index contributed by atoms with van der Waals surface area (Å²) in [5.74, 6) is 0.501. The van der Waals surface area contributed by atoms with Gasteiger partial charge in [-0.2, -0.15) is 9.57 Å². The maximum absolute atomic E-state index is 12.9. The van der Waals surface area contributed by atoms with E-state index < -0.39 is 14.9 Å². The van der Waals surface area contributed by atoms with Gasteiger partial charge in [-0.05, 0) is 30.4 Å².